The van der Waals surface area contributed by atoms with Crippen molar-refractivity contribution >= 4 is 0 Å². The third kappa shape index (κ3) is 11.6. The highest BCUT2D eigenvalue weighted by Crippen LogP contribution is 2.06. The van der Waals surface area contributed by atoms with Crippen molar-refractivity contribution in [3.8, 4) is 0 Å². The molecule has 2 heteroatoms. The van der Waals surface area contributed by atoms with Gasteiger partial charge in [0.25, 0.3) is 0 Å². The molecule has 2 N–H and O–H groups in total. The highest BCUT2D eigenvalue weighted by atomic mass is 14.8. The lowest BCUT2D eigenvalue weighted by Gasteiger charge is -2.06. The zero-order chi connectivity index (χ0) is 18.8. The van der Waals surface area contributed by atoms with Crippen LogP contribution in [-0.2, 0) is 12.8 Å². The van der Waals surface area contributed by atoms with Gasteiger partial charge in [-0.05, 0) is 63.0 Å². The van der Waals surface area contributed by atoms with Gasteiger partial charge in [0.05, 0.1) is 0 Å². The summed E-state index contributed by atoms with van der Waals surface area (Å²) in [7, 11) is 0. The van der Waals surface area contributed by atoms with Crippen molar-refractivity contribution in [2.24, 2.45) is 0 Å². The lowest BCUT2D eigenvalue weighted by atomic mass is 10.1. The molecule has 2 aromatic rings. The minimum absolute atomic E-state index is 1.10. The van der Waals surface area contributed by atoms with Gasteiger partial charge in [-0.15, -0.1) is 0 Å². The standard InChI is InChI=1S/C25H38N2/c1(2-4-12-20-26-22-18-24-14-8-6-9-15-24)3-5-13-21-27-23-19-25-16-10-7-11-17-25/h6-11,14-17,26-27H,1-5,12-13,18-23H2. The molecule has 2 nitrogen and oxygen atoms in total. The van der Waals surface area contributed by atoms with E-state index in [1.807, 2.05) is 0 Å². The average Bonchev–Trinajstić information content (AvgIpc) is 2.72. The van der Waals surface area contributed by atoms with Crippen LogP contribution in [0.5, 0.6) is 0 Å². The summed E-state index contributed by atoms with van der Waals surface area (Å²) < 4.78 is 0. The van der Waals surface area contributed by atoms with Crippen LogP contribution >= 0.6 is 0 Å². The number of rotatable bonds is 16. The molecule has 0 atom stereocenters. The van der Waals surface area contributed by atoms with Crippen molar-refractivity contribution < 1.29 is 0 Å². The van der Waals surface area contributed by atoms with E-state index in [0.29, 0.717) is 0 Å². The third-order valence-corrected chi connectivity index (χ3v) is 5.07. The summed E-state index contributed by atoms with van der Waals surface area (Å²) in [6.45, 7) is 4.53. The normalized spacial score (nSPS) is 11.0. The van der Waals surface area contributed by atoms with Crippen LogP contribution in [0.15, 0.2) is 60.7 Å². The Morgan fingerprint density at radius 1 is 0.407 bits per heavy atom. The van der Waals surface area contributed by atoms with Crippen LogP contribution in [0.25, 0.3) is 0 Å². The lowest BCUT2D eigenvalue weighted by molar-refractivity contribution is 0.545. The Labute approximate surface area is 166 Å². The molecule has 0 fully saturated rings. The van der Waals surface area contributed by atoms with E-state index >= 15 is 0 Å². The molecule has 0 saturated heterocycles. The van der Waals surface area contributed by atoms with Crippen LogP contribution in [0.2, 0.25) is 0 Å². The SMILES string of the molecule is c1ccc(CCNCCCCCCCCCNCCc2ccccc2)cc1. The molecule has 0 aliphatic heterocycles. The van der Waals surface area contributed by atoms with Crippen molar-refractivity contribution in [2.45, 2.75) is 57.8 Å². The van der Waals surface area contributed by atoms with E-state index in [4.69, 9.17) is 0 Å². The van der Waals surface area contributed by atoms with Gasteiger partial charge in [0.2, 0.25) is 0 Å². The summed E-state index contributed by atoms with van der Waals surface area (Å²) in [4.78, 5) is 0. The van der Waals surface area contributed by atoms with Crippen molar-refractivity contribution in [1.82, 2.24) is 10.6 Å². The van der Waals surface area contributed by atoms with Gasteiger partial charge in [-0.25, -0.2) is 0 Å². The predicted octanol–water partition coefficient (Wildman–Crippen LogP) is 5.38. The molecule has 2 aromatic carbocycles. The average molecular weight is 367 g/mol. The van der Waals surface area contributed by atoms with Gasteiger partial charge < -0.3 is 10.6 Å². The highest BCUT2D eigenvalue weighted by Gasteiger charge is 1.95. The smallest absolute Gasteiger partial charge is 0.000835 e. The topological polar surface area (TPSA) is 24.1 Å². The van der Waals surface area contributed by atoms with Gasteiger partial charge >= 0.3 is 0 Å². The first-order chi connectivity index (χ1) is 13.4. The summed E-state index contributed by atoms with van der Waals surface area (Å²) in [5.41, 5.74) is 2.86. The van der Waals surface area contributed by atoms with Gasteiger partial charge in [-0.1, -0.05) is 92.8 Å². The Morgan fingerprint density at radius 2 is 0.778 bits per heavy atom. The van der Waals surface area contributed by atoms with Crippen molar-refractivity contribution in [3.63, 3.8) is 0 Å². The molecule has 0 radical (unpaired) electrons. The largest absolute Gasteiger partial charge is 0.316 e. The van der Waals surface area contributed by atoms with Gasteiger partial charge in [0.15, 0.2) is 0 Å². The summed E-state index contributed by atoms with van der Waals surface area (Å²) >= 11 is 0. The Morgan fingerprint density at radius 3 is 1.19 bits per heavy atom. The number of benzene rings is 2. The van der Waals surface area contributed by atoms with Crippen molar-refractivity contribution in [1.29, 1.82) is 0 Å². The van der Waals surface area contributed by atoms with Crippen LogP contribution in [-0.4, -0.2) is 26.2 Å². The van der Waals surface area contributed by atoms with Crippen LogP contribution in [0.1, 0.15) is 56.1 Å². The highest BCUT2D eigenvalue weighted by molar-refractivity contribution is 5.15. The molecule has 0 saturated carbocycles. The Balaban J connectivity index is 1.26. The minimum Gasteiger partial charge on any atom is -0.316 e. The van der Waals surface area contributed by atoms with E-state index in [2.05, 4.69) is 71.3 Å². The van der Waals surface area contributed by atoms with E-state index in [0.717, 1.165) is 39.0 Å². The molecule has 27 heavy (non-hydrogen) atoms. The Hall–Kier alpha value is -1.64. The number of nitrogens with one attached hydrogen (secondary N) is 2. The molecule has 0 bridgehead atoms. The second kappa shape index (κ2) is 15.4. The molecular formula is C25H38N2. The van der Waals surface area contributed by atoms with Crippen molar-refractivity contribution in [3.05, 3.63) is 71.8 Å². The third-order valence-electron chi connectivity index (χ3n) is 5.07. The summed E-state index contributed by atoms with van der Waals surface area (Å²) in [6.07, 6.45) is 11.8. The molecule has 0 heterocycles. The molecule has 0 aliphatic rings. The van der Waals surface area contributed by atoms with Crippen molar-refractivity contribution in [2.75, 3.05) is 26.2 Å². The summed E-state index contributed by atoms with van der Waals surface area (Å²) in [5.74, 6) is 0. The monoisotopic (exact) mass is 366 g/mol. The number of hydrogen-bond acceptors (Lipinski definition) is 2. The molecule has 0 aromatic heterocycles. The molecule has 148 valence electrons. The van der Waals surface area contributed by atoms with Crippen LogP contribution in [0.4, 0.5) is 0 Å². The van der Waals surface area contributed by atoms with Gasteiger partial charge in [-0.2, -0.15) is 0 Å². The zero-order valence-corrected chi connectivity index (χ0v) is 17.0. The zero-order valence-electron chi connectivity index (χ0n) is 17.0. The van der Waals surface area contributed by atoms with Crippen LogP contribution < -0.4 is 10.6 Å². The quantitative estimate of drug-likeness (QED) is 0.390. The fourth-order valence-corrected chi connectivity index (χ4v) is 3.39. The Bertz CT molecular complexity index is 502. The van der Waals surface area contributed by atoms with Crippen LogP contribution in [0.3, 0.4) is 0 Å². The summed E-state index contributed by atoms with van der Waals surface area (Å²) in [5, 5.41) is 7.14. The van der Waals surface area contributed by atoms with Crippen LogP contribution in [0, 0.1) is 0 Å². The fraction of sp³-hybridized carbons (Fsp3) is 0.520. The molecule has 0 aliphatic carbocycles. The molecular weight excluding hydrogens is 328 g/mol. The fourth-order valence-electron chi connectivity index (χ4n) is 3.39. The maximum absolute atomic E-state index is 3.57. The summed E-state index contributed by atoms with van der Waals surface area (Å²) in [6, 6.07) is 21.5. The van der Waals surface area contributed by atoms with E-state index in [1.54, 1.807) is 0 Å². The Kier molecular flexibility index (Phi) is 12.4. The first-order valence-corrected chi connectivity index (χ1v) is 10.9. The predicted molar refractivity (Wildman–Crippen MR) is 118 cm³/mol. The number of unbranched alkanes of at least 4 members (excludes halogenated alkanes) is 6. The molecule has 0 amide bonds. The maximum atomic E-state index is 3.57. The first kappa shape index (κ1) is 21.7. The lowest BCUT2D eigenvalue weighted by Crippen LogP contribution is -2.18. The molecule has 0 unspecified atom stereocenters. The van der Waals surface area contributed by atoms with Gasteiger partial charge in [0, 0.05) is 0 Å². The van der Waals surface area contributed by atoms with E-state index in [9.17, 15) is 0 Å². The van der Waals surface area contributed by atoms with Gasteiger partial charge in [-0.3, -0.25) is 0 Å². The van der Waals surface area contributed by atoms with Gasteiger partial charge in [0.1, 0.15) is 0 Å². The van der Waals surface area contributed by atoms with E-state index < -0.39 is 0 Å². The second-order valence-corrected chi connectivity index (χ2v) is 7.45. The minimum atomic E-state index is 1.10. The first-order valence-electron chi connectivity index (χ1n) is 10.9. The molecule has 0 spiro atoms. The maximum Gasteiger partial charge on any atom is -0.000835 e. The second-order valence-electron chi connectivity index (χ2n) is 7.45. The van der Waals surface area contributed by atoms with E-state index in [-0.39, 0.29) is 0 Å². The number of hydrogen-bond donors (Lipinski definition) is 2. The van der Waals surface area contributed by atoms with E-state index in [1.165, 1.54) is 56.1 Å². The molecule has 2 rings (SSSR count).